The van der Waals surface area contributed by atoms with Crippen LogP contribution in [-0.4, -0.2) is 36.1 Å². The minimum absolute atomic E-state index is 0.0684. The van der Waals surface area contributed by atoms with E-state index in [0.717, 1.165) is 0 Å². The van der Waals surface area contributed by atoms with Crippen molar-refractivity contribution in [3.8, 4) is 5.75 Å². The van der Waals surface area contributed by atoms with E-state index < -0.39 is 6.10 Å². The summed E-state index contributed by atoms with van der Waals surface area (Å²) in [6.45, 7) is 1.50. The Bertz CT molecular complexity index is 391. The number of Topliss-reactive ketones (excluding diaryl/α,β-unsaturated/α-hetero) is 1. The van der Waals surface area contributed by atoms with E-state index in [9.17, 15) is 14.7 Å². The lowest BCUT2D eigenvalue weighted by atomic mass is 10.3. The lowest BCUT2D eigenvalue weighted by Crippen LogP contribution is -2.35. The van der Waals surface area contributed by atoms with Gasteiger partial charge < -0.3 is 15.2 Å². The van der Waals surface area contributed by atoms with Crippen molar-refractivity contribution in [2.45, 2.75) is 19.4 Å². The highest BCUT2D eigenvalue weighted by molar-refractivity contribution is 5.96. The standard InChI is InChI=1S/C13H17NO4/c1-10(15)7-13(17)14-8-11(16)9-18-12-5-3-2-4-6-12/h2-6,11,16H,7-9H2,1H3,(H,14,17). The summed E-state index contributed by atoms with van der Waals surface area (Å²) < 4.78 is 5.31. The monoisotopic (exact) mass is 251 g/mol. The zero-order valence-corrected chi connectivity index (χ0v) is 10.3. The van der Waals surface area contributed by atoms with E-state index in [0.29, 0.717) is 5.75 Å². The van der Waals surface area contributed by atoms with Crippen molar-refractivity contribution in [1.29, 1.82) is 0 Å². The molecule has 1 amide bonds. The first-order valence-electron chi connectivity index (χ1n) is 5.70. The van der Waals surface area contributed by atoms with Crippen LogP contribution >= 0.6 is 0 Å². The van der Waals surface area contributed by atoms with Gasteiger partial charge in [-0.15, -0.1) is 0 Å². The van der Waals surface area contributed by atoms with Gasteiger partial charge >= 0.3 is 0 Å². The topological polar surface area (TPSA) is 75.6 Å². The summed E-state index contributed by atoms with van der Waals surface area (Å²) in [5.41, 5.74) is 0. The van der Waals surface area contributed by atoms with E-state index in [-0.39, 0.29) is 31.3 Å². The Hall–Kier alpha value is -1.88. The van der Waals surface area contributed by atoms with Crippen LogP contribution in [0.2, 0.25) is 0 Å². The summed E-state index contributed by atoms with van der Waals surface area (Å²) in [5, 5.41) is 12.0. The van der Waals surface area contributed by atoms with Gasteiger partial charge in [-0.1, -0.05) is 18.2 Å². The van der Waals surface area contributed by atoms with Gasteiger partial charge in [0.05, 0.1) is 6.42 Å². The Kier molecular flexibility index (Phi) is 5.87. The van der Waals surface area contributed by atoms with Crippen molar-refractivity contribution in [2.24, 2.45) is 0 Å². The van der Waals surface area contributed by atoms with Crippen molar-refractivity contribution in [3.05, 3.63) is 30.3 Å². The number of aliphatic hydroxyl groups is 1. The molecule has 0 aromatic heterocycles. The number of aliphatic hydroxyl groups excluding tert-OH is 1. The number of nitrogens with one attached hydrogen (secondary N) is 1. The van der Waals surface area contributed by atoms with E-state index in [1.165, 1.54) is 6.92 Å². The van der Waals surface area contributed by atoms with Gasteiger partial charge in [0, 0.05) is 6.54 Å². The molecule has 0 spiro atoms. The van der Waals surface area contributed by atoms with E-state index in [2.05, 4.69) is 5.32 Å². The number of rotatable bonds is 7. The Morgan fingerprint density at radius 2 is 2.00 bits per heavy atom. The number of hydrogen-bond acceptors (Lipinski definition) is 4. The second-order valence-corrected chi connectivity index (χ2v) is 3.96. The fraction of sp³-hybridized carbons (Fsp3) is 0.385. The molecule has 1 atom stereocenters. The molecule has 0 saturated heterocycles. The molecule has 1 aromatic carbocycles. The maximum atomic E-state index is 11.1. The maximum Gasteiger partial charge on any atom is 0.227 e. The van der Waals surface area contributed by atoms with Gasteiger partial charge in [-0.3, -0.25) is 9.59 Å². The van der Waals surface area contributed by atoms with Crippen LogP contribution in [0.5, 0.6) is 5.75 Å². The molecule has 0 fully saturated rings. The number of hydrogen-bond donors (Lipinski definition) is 2. The van der Waals surface area contributed by atoms with Gasteiger partial charge in [0.15, 0.2) is 0 Å². The summed E-state index contributed by atoms with van der Waals surface area (Å²) in [7, 11) is 0. The number of carbonyl (C=O) groups is 2. The smallest absolute Gasteiger partial charge is 0.227 e. The second kappa shape index (κ2) is 7.45. The molecule has 1 rings (SSSR count). The number of carbonyl (C=O) groups excluding carboxylic acids is 2. The summed E-state index contributed by atoms with van der Waals surface area (Å²) in [4.78, 5) is 21.8. The Morgan fingerprint density at radius 1 is 1.33 bits per heavy atom. The highest BCUT2D eigenvalue weighted by atomic mass is 16.5. The van der Waals surface area contributed by atoms with Crippen LogP contribution in [0, 0.1) is 0 Å². The number of para-hydroxylation sites is 1. The van der Waals surface area contributed by atoms with Gasteiger partial charge in [-0.2, -0.15) is 0 Å². The highest BCUT2D eigenvalue weighted by Crippen LogP contribution is 2.08. The molecule has 0 radical (unpaired) electrons. The molecule has 18 heavy (non-hydrogen) atoms. The SMILES string of the molecule is CC(=O)CC(=O)NCC(O)COc1ccccc1. The van der Waals surface area contributed by atoms with Crippen molar-refractivity contribution < 1.29 is 19.4 Å². The van der Waals surface area contributed by atoms with Crippen molar-refractivity contribution >= 4 is 11.7 Å². The minimum Gasteiger partial charge on any atom is -0.491 e. The predicted octanol–water partition coefficient (Wildman–Crippen LogP) is 0.522. The van der Waals surface area contributed by atoms with Crippen LogP contribution in [0.15, 0.2) is 30.3 Å². The Labute approximate surface area is 106 Å². The van der Waals surface area contributed by atoms with Crippen molar-refractivity contribution in [1.82, 2.24) is 5.32 Å². The first kappa shape index (κ1) is 14.2. The molecule has 0 heterocycles. The molecular weight excluding hydrogens is 234 g/mol. The molecule has 0 aliphatic carbocycles. The van der Waals surface area contributed by atoms with Crippen LogP contribution in [0.1, 0.15) is 13.3 Å². The minimum atomic E-state index is -0.805. The lowest BCUT2D eigenvalue weighted by molar-refractivity contribution is -0.127. The van der Waals surface area contributed by atoms with E-state index >= 15 is 0 Å². The molecule has 5 heteroatoms. The summed E-state index contributed by atoms with van der Waals surface area (Å²) in [6.07, 6.45) is -0.965. The summed E-state index contributed by atoms with van der Waals surface area (Å²) in [6, 6.07) is 9.08. The zero-order valence-electron chi connectivity index (χ0n) is 10.3. The number of ether oxygens (including phenoxy) is 1. The van der Waals surface area contributed by atoms with E-state index in [1.807, 2.05) is 18.2 Å². The van der Waals surface area contributed by atoms with E-state index in [1.54, 1.807) is 12.1 Å². The molecule has 1 unspecified atom stereocenters. The molecule has 1 aromatic rings. The molecule has 0 bridgehead atoms. The zero-order chi connectivity index (χ0) is 13.4. The van der Waals surface area contributed by atoms with Gasteiger partial charge in [-0.05, 0) is 19.1 Å². The number of ketones is 1. The summed E-state index contributed by atoms with van der Waals surface area (Å²) >= 11 is 0. The van der Waals surface area contributed by atoms with Crippen LogP contribution in [0.4, 0.5) is 0 Å². The average Bonchev–Trinajstić information content (AvgIpc) is 2.34. The van der Waals surface area contributed by atoms with Gasteiger partial charge in [0.2, 0.25) is 5.91 Å². The Morgan fingerprint density at radius 3 is 2.61 bits per heavy atom. The van der Waals surface area contributed by atoms with Crippen molar-refractivity contribution in [2.75, 3.05) is 13.2 Å². The average molecular weight is 251 g/mol. The Balaban J connectivity index is 2.20. The third-order valence-electron chi connectivity index (χ3n) is 2.13. The molecule has 2 N–H and O–H groups in total. The highest BCUT2D eigenvalue weighted by Gasteiger charge is 2.09. The molecular formula is C13H17NO4. The fourth-order valence-electron chi connectivity index (χ4n) is 1.29. The first-order valence-corrected chi connectivity index (χ1v) is 5.70. The fourth-order valence-corrected chi connectivity index (χ4v) is 1.29. The maximum absolute atomic E-state index is 11.1. The number of amides is 1. The third-order valence-corrected chi connectivity index (χ3v) is 2.13. The first-order chi connectivity index (χ1) is 8.58. The van der Waals surface area contributed by atoms with Gasteiger partial charge in [0.25, 0.3) is 0 Å². The summed E-state index contributed by atoms with van der Waals surface area (Å²) in [5.74, 6) is 0.0652. The molecule has 0 aliphatic heterocycles. The van der Waals surface area contributed by atoms with Crippen LogP contribution in [-0.2, 0) is 9.59 Å². The van der Waals surface area contributed by atoms with Crippen LogP contribution in [0.25, 0.3) is 0 Å². The molecule has 0 aliphatic rings. The molecule has 5 nitrogen and oxygen atoms in total. The predicted molar refractivity (Wildman–Crippen MR) is 66.3 cm³/mol. The molecule has 0 saturated carbocycles. The number of benzene rings is 1. The van der Waals surface area contributed by atoms with Crippen LogP contribution < -0.4 is 10.1 Å². The molecule has 98 valence electrons. The van der Waals surface area contributed by atoms with Crippen molar-refractivity contribution in [3.63, 3.8) is 0 Å². The third kappa shape index (κ3) is 6.00. The largest absolute Gasteiger partial charge is 0.491 e. The van der Waals surface area contributed by atoms with Gasteiger partial charge in [0.1, 0.15) is 24.2 Å². The van der Waals surface area contributed by atoms with E-state index in [4.69, 9.17) is 4.74 Å². The quantitative estimate of drug-likeness (QED) is 0.693. The normalized spacial score (nSPS) is 11.7. The van der Waals surface area contributed by atoms with Gasteiger partial charge in [-0.25, -0.2) is 0 Å². The van der Waals surface area contributed by atoms with Crippen LogP contribution in [0.3, 0.4) is 0 Å². The second-order valence-electron chi connectivity index (χ2n) is 3.96. The lowest BCUT2D eigenvalue weighted by Gasteiger charge is -2.12.